The molecular formula is C10H8Cl2F2INO2. The minimum absolute atomic E-state index is 0.113. The van der Waals surface area contributed by atoms with Crippen LogP contribution in [0.25, 0.3) is 0 Å². The number of hydrogen-bond acceptors (Lipinski definition) is 2. The van der Waals surface area contributed by atoms with E-state index in [0.29, 0.717) is 3.57 Å². The number of hydrogen-bond donors (Lipinski definition) is 2. The second kappa shape index (κ2) is 6.31. The number of aliphatic hydroxyl groups excluding tert-OH is 1. The SMILES string of the molecule is O=C(NCC(F)(F)CO)c1cc(Cl)cc(Cl)c1I. The van der Waals surface area contributed by atoms with E-state index in [1.807, 2.05) is 27.9 Å². The summed E-state index contributed by atoms with van der Waals surface area (Å²) in [5.41, 5.74) is 0.113. The third-order valence-corrected chi connectivity index (χ3v) is 3.97. The molecule has 18 heavy (non-hydrogen) atoms. The lowest BCUT2D eigenvalue weighted by molar-refractivity contribution is -0.0462. The van der Waals surface area contributed by atoms with E-state index in [9.17, 15) is 13.6 Å². The predicted molar refractivity (Wildman–Crippen MR) is 73.5 cm³/mol. The second-order valence-electron chi connectivity index (χ2n) is 3.45. The summed E-state index contributed by atoms with van der Waals surface area (Å²) in [7, 11) is 0. The molecule has 0 aliphatic heterocycles. The summed E-state index contributed by atoms with van der Waals surface area (Å²) in [4.78, 5) is 11.7. The van der Waals surface area contributed by atoms with Gasteiger partial charge in [0.15, 0.2) is 0 Å². The summed E-state index contributed by atoms with van der Waals surface area (Å²) in [6.07, 6.45) is 0. The molecule has 0 fully saturated rings. The maximum absolute atomic E-state index is 12.8. The molecule has 1 aromatic carbocycles. The average Bonchev–Trinajstić information content (AvgIpc) is 2.31. The molecule has 0 bridgehead atoms. The van der Waals surface area contributed by atoms with E-state index in [-0.39, 0.29) is 15.6 Å². The van der Waals surface area contributed by atoms with Crippen molar-refractivity contribution in [1.82, 2.24) is 5.32 Å². The summed E-state index contributed by atoms with van der Waals surface area (Å²) in [6.45, 7) is -2.29. The molecule has 0 aromatic heterocycles. The molecule has 1 aromatic rings. The maximum Gasteiger partial charge on any atom is 0.287 e. The van der Waals surface area contributed by atoms with Crippen molar-refractivity contribution in [2.75, 3.05) is 13.2 Å². The second-order valence-corrected chi connectivity index (χ2v) is 5.37. The lowest BCUT2D eigenvalue weighted by Crippen LogP contribution is -2.39. The van der Waals surface area contributed by atoms with Crippen molar-refractivity contribution in [3.63, 3.8) is 0 Å². The van der Waals surface area contributed by atoms with Gasteiger partial charge in [-0.2, -0.15) is 0 Å². The standard InChI is InChI=1S/C10H8Cl2F2INO2/c11-5-1-6(8(15)7(12)2-5)9(18)16-3-10(13,14)4-17/h1-2,17H,3-4H2,(H,16,18). The smallest absolute Gasteiger partial charge is 0.287 e. The van der Waals surface area contributed by atoms with Crippen molar-refractivity contribution in [3.8, 4) is 0 Å². The Morgan fingerprint density at radius 1 is 1.44 bits per heavy atom. The van der Waals surface area contributed by atoms with Gasteiger partial charge in [-0.05, 0) is 34.7 Å². The highest BCUT2D eigenvalue weighted by atomic mass is 127. The summed E-state index contributed by atoms with van der Waals surface area (Å²) in [5, 5.41) is 10.9. The Hall–Kier alpha value is -0.180. The number of rotatable bonds is 4. The molecule has 3 nitrogen and oxygen atoms in total. The van der Waals surface area contributed by atoms with E-state index in [1.54, 1.807) is 0 Å². The van der Waals surface area contributed by atoms with Gasteiger partial charge in [-0.25, -0.2) is 8.78 Å². The Bertz CT molecular complexity index is 471. The Labute approximate surface area is 126 Å². The van der Waals surface area contributed by atoms with Crippen LogP contribution in [0.4, 0.5) is 8.78 Å². The first-order valence-corrected chi connectivity index (χ1v) is 6.52. The van der Waals surface area contributed by atoms with Gasteiger partial charge in [0.05, 0.1) is 17.1 Å². The molecule has 0 aliphatic rings. The molecule has 2 N–H and O–H groups in total. The summed E-state index contributed by atoms with van der Waals surface area (Å²) >= 11 is 13.4. The van der Waals surface area contributed by atoms with Crippen LogP contribution in [-0.4, -0.2) is 30.1 Å². The Balaban J connectivity index is 2.85. The Morgan fingerprint density at radius 3 is 2.61 bits per heavy atom. The third-order valence-electron chi connectivity index (χ3n) is 1.98. The molecule has 1 rings (SSSR count). The van der Waals surface area contributed by atoms with Crippen molar-refractivity contribution in [2.45, 2.75) is 5.92 Å². The van der Waals surface area contributed by atoms with Gasteiger partial charge in [0, 0.05) is 8.59 Å². The van der Waals surface area contributed by atoms with Crippen molar-refractivity contribution >= 4 is 51.7 Å². The largest absolute Gasteiger partial charge is 0.390 e. The van der Waals surface area contributed by atoms with Crippen LogP contribution in [0.2, 0.25) is 10.0 Å². The molecular weight excluding hydrogens is 402 g/mol. The normalized spacial score (nSPS) is 11.4. The number of benzene rings is 1. The number of nitrogens with one attached hydrogen (secondary N) is 1. The lowest BCUT2D eigenvalue weighted by Gasteiger charge is -2.14. The Morgan fingerprint density at radius 2 is 2.06 bits per heavy atom. The van der Waals surface area contributed by atoms with Gasteiger partial charge in [-0.1, -0.05) is 23.2 Å². The fraction of sp³-hybridized carbons (Fsp3) is 0.300. The fourth-order valence-corrected chi connectivity index (χ4v) is 2.13. The number of carbonyl (C=O) groups excluding carboxylic acids is 1. The van der Waals surface area contributed by atoms with Crippen molar-refractivity contribution in [2.24, 2.45) is 0 Å². The average molecular weight is 410 g/mol. The van der Waals surface area contributed by atoms with Gasteiger partial charge >= 0.3 is 0 Å². The summed E-state index contributed by atoms with van der Waals surface area (Å²) in [6, 6.07) is 2.78. The van der Waals surface area contributed by atoms with Crippen LogP contribution in [0.15, 0.2) is 12.1 Å². The Kier molecular flexibility index (Phi) is 5.57. The van der Waals surface area contributed by atoms with Crippen LogP contribution >= 0.6 is 45.8 Å². The molecule has 1 amide bonds. The minimum Gasteiger partial charge on any atom is -0.390 e. The predicted octanol–water partition coefficient (Wildman–Crippen LogP) is 2.96. The molecule has 0 aliphatic carbocycles. The van der Waals surface area contributed by atoms with Crippen LogP contribution in [-0.2, 0) is 0 Å². The van der Waals surface area contributed by atoms with E-state index < -0.39 is 25.0 Å². The van der Waals surface area contributed by atoms with Gasteiger partial charge in [-0.15, -0.1) is 0 Å². The zero-order valence-corrected chi connectivity index (χ0v) is 12.5. The summed E-state index contributed by atoms with van der Waals surface area (Å²) in [5.74, 6) is -4.08. The highest BCUT2D eigenvalue weighted by Crippen LogP contribution is 2.26. The van der Waals surface area contributed by atoms with Gasteiger partial charge in [-0.3, -0.25) is 4.79 Å². The van der Waals surface area contributed by atoms with Gasteiger partial charge in [0.1, 0.15) is 6.61 Å². The van der Waals surface area contributed by atoms with Gasteiger partial charge in [0.25, 0.3) is 11.8 Å². The minimum atomic E-state index is -3.36. The number of carbonyl (C=O) groups is 1. The van der Waals surface area contributed by atoms with Crippen LogP contribution < -0.4 is 5.32 Å². The fourth-order valence-electron chi connectivity index (χ4n) is 1.08. The molecule has 0 radical (unpaired) electrons. The molecule has 0 unspecified atom stereocenters. The maximum atomic E-state index is 12.8. The van der Waals surface area contributed by atoms with Crippen molar-refractivity contribution < 1.29 is 18.7 Å². The van der Waals surface area contributed by atoms with E-state index in [1.165, 1.54) is 12.1 Å². The molecule has 0 saturated heterocycles. The quantitative estimate of drug-likeness (QED) is 0.593. The highest BCUT2D eigenvalue weighted by Gasteiger charge is 2.28. The zero-order valence-electron chi connectivity index (χ0n) is 8.81. The first-order chi connectivity index (χ1) is 8.26. The number of amides is 1. The van der Waals surface area contributed by atoms with E-state index in [4.69, 9.17) is 28.3 Å². The number of aliphatic hydroxyl groups is 1. The highest BCUT2D eigenvalue weighted by molar-refractivity contribution is 14.1. The molecule has 8 heteroatoms. The van der Waals surface area contributed by atoms with Gasteiger partial charge < -0.3 is 10.4 Å². The van der Waals surface area contributed by atoms with Crippen LogP contribution in [0, 0.1) is 3.57 Å². The molecule has 0 atom stereocenters. The summed E-state index contributed by atoms with van der Waals surface area (Å²) < 4.78 is 26.0. The molecule has 0 spiro atoms. The van der Waals surface area contributed by atoms with Crippen LogP contribution in [0.5, 0.6) is 0 Å². The lowest BCUT2D eigenvalue weighted by atomic mass is 10.2. The molecule has 100 valence electrons. The van der Waals surface area contributed by atoms with Crippen LogP contribution in [0.3, 0.4) is 0 Å². The van der Waals surface area contributed by atoms with Crippen molar-refractivity contribution in [1.29, 1.82) is 0 Å². The van der Waals surface area contributed by atoms with E-state index >= 15 is 0 Å². The zero-order chi connectivity index (χ0) is 13.9. The first-order valence-electron chi connectivity index (χ1n) is 4.68. The van der Waals surface area contributed by atoms with E-state index in [2.05, 4.69) is 0 Å². The number of alkyl halides is 2. The number of halogens is 5. The first kappa shape index (κ1) is 15.9. The monoisotopic (exact) mass is 409 g/mol. The molecule has 0 saturated carbocycles. The van der Waals surface area contributed by atoms with Crippen LogP contribution in [0.1, 0.15) is 10.4 Å². The van der Waals surface area contributed by atoms with Gasteiger partial charge in [0.2, 0.25) is 0 Å². The van der Waals surface area contributed by atoms with Crippen molar-refractivity contribution in [3.05, 3.63) is 31.3 Å². The topological polar surface area (TPSA) is 49.3 Å². The van der Waals surface area contributed by atoms with E-state index in [0.717, 1.165) is 0 Å². The molecule has 0 heterocycles. The third kappa shape index (κ3) is 4.18.